The molecule has 1 aromatic rings. The van der Waals surface area contributed by atoms with Crippen molar-refractivity contribution in [3.63, 3.8) is 0 Å². The summed E-state index contributed by atoms with van der Waals surface area (Å²) in [6, 6.07) is 4.38. The van der Waals surface area contributed by atoms with E-state index in [4.69, 9.17) is 9.47 Å². The number of aryl methyl sites for hydroxylation is 3. The summed E-state index contributed by atoms with van der Waals surface area (Å²) in [4.78, 5) is 0. The second-order valence-corrected chi connectivity index (χ2v) is 4.77. The lowest BCUT2D eigenvalue weighted by Crippen LogP contribution is -2.36. The summed E-state index contributed by atoms with van der Waals surface area (Å²) < 4.78 is 11.7. The van der Waals surface area contributed by atoms with Gasteiger partial charge >= 0.3 is 0 Å². The number of rotatable bonds is 1. The molecule has 1 heterocycles. The lowest BCUT2D eigenvalue weighted by Gasteiger charge is -2.36. The maximum absolute atomic E-state index is 5.83. The molecule has 0 unspecified atom stereocenters. The average molecular weight is 220 g/mol. The zero-order valence-electron chi connectivity index (χ0n) is 10.6. The summed E-state index contributed by atoms with van der Waals surface area (Å²) in [5.74, 6) is -0.555. The molecular formula is C14H20O2. The van der Waals surface area contributed by atoms with Crippen LogP contribution in [-0.2, 0) is 15.3 Å². The topological polar surface area (TPSA) is 18.5 Å². The zero-order valence-corrected chi connectivity index (χ0v) is 10.6. The molecule has 2 nitrogen and oxygen atoms in total. The van der Waals surface area contributed by atoms with Crippen LogP contribution in [0.25, 0.3) is 0 Å². The van der Waals surface area contributed by atoms with Crippen LogP contribution in [0.3, 0.4) is 0 Å². The van der Waals surface area contributed by atoms with E-state index >= 15 is 0 Å². The number of hydrogen-bond acceptors (Lipinski definition) is 2. The van der Waals surface area contributed by atoms with Crippen molar-refractivity contribution in [3.8, 4) is 0 Å². The van der Waals surface area contributed by atoms with Crippen molar-refractivity contribution in [3.05, 3.63) is 34.4 Å². The first-order chi connectivity index (χ1) is 7.53. The number of ether oxygens (including phenoxy) is 2. The van der Waals surface area contributed by atoms with E-state index in [2.05, 4.69) is 32.9 Å². The molecule has 0 radical (unpaired) electrons. The van der Waals surface area contributed by atoms with Gasteiger partial charge in [0.25, 0.3) is 0 Å². The summed E-state index contributed by atoms with van der Waals surface area (Å²) in [6.45, 7) is 9.96. The molecule has 88 valence electrons. The van der Waals surface area contributed by atoms with E-state index in [1.807, 2.05) is 6.92 Å². The molecule has 2 rings (SSSR count). The van der Waals surface area contributed by atoms with Gasteiger partial charge in [-0.1, -0.05) is 17.7 Å². The molecule has 1 aromatic carbocycles. The van der Waals surface area contributed by atoms with Crippen LogP contribution < -0.4 is 0 Å². The Morgan fingerprint density at radius 2 is 1.50 bits per heavy atom. The van der Waals surface area contributed by atoms with Crippen LogP contribution in [0.4, 0.5) is 0 Å². The van der Waals surface area contributed by atoms with E-state index in [1.54, 1.807) is 0 Å². The van der Waals surface area contributed by atoms with Gasteiger partial charge in [-0.25, -0.2) is 0 Å². The third-order valence-electron chi connectivity index (χ3n) is 3.17. The van der Waals surface area contributed by atoms with Gasteiger partial charge in [-0.2, -0.15) is 0 Å². The van der Waals surface area contributed by atoms with Crippen LogP contribution in [-0.4, -0.2) is 13.2 Å². The van der Waals surface area contributed by atoms with Gasteiger partial charge < -0.3 is 9.47 Å². The van der Waals surface area contributed by atoms with E-state index in [-0.39, 0.29) is 0 Å². The first-order valence-corrected chi connectivity index (χ1v) is 5.89. The molecule has 1 aliphatic heterocycles. The maximum atomic E-state index is 5.83. The summed E-state index contributed by atoms with van der Waals surface area (Å²) in [6.07, 6.45) is 0.986. The molecule has 1 aliphatic rings. The van der Waals surface area contributed by atoms with Gasteiger partial charge in [-0.3, -0.25) is 0 Å². The highest BCUT2D eigenvalue weighted by atomic mass is 16.7. The first kappa shape index (κ1) is 11.6. The molecular weight excluding hydrogens is 200 g/mol. The Balaban J connectivity index is 2.46. The lowest BCUT2D eigenvalue weighted by atomic mass is 9.93. The summed E-state index contributed by atoms with van der Waals surface area (Å²) in [5, 5.41) is 0. The van der Waals surface area contributed by atoms with Crippen LogP contribution in [0.2, 0.25) is 0 Å². The highest BCUT2D eigenvalue weighted by Crippen LogP contribution is 2.35. The molecule has 0 atom stereocenters. The highest BCUT2D eigenvalue weighted by molar-refractivity contribution is 5.40. The molecule has 0 aliphatic carbocycles. The van der Waals surface area contributed by atoms with Gasteiger partial charge in [-0.05, 0) is 45.2 Å². The summed E-state index contributed by atoms with van der Waals surface area (Å²) >= 11 is 0. The fourth-order valence-corrected chi connectivity index (χ4v) is 2.68. The van der Waals surface area contributed by atoms with Crippen molar-refractivity contribution in [2.45, 2.75) is 39.9 Å². The van der Waals surface area contributed by atoms with Crippen LogP contribution in [0, 0.1) is 20.8 Å². The predicted molar refractivity (Wildman–Crippen MR) is 64.5 cm³/mol. The second-order valence-electron chi connectivity index (χ2n) is 4.77. The van der Waals surface area contributed by atoms with E-state index in [9.17, 15) is 0 Å². The molecule has 1 saturated heterocycles. The third-order valence-corrected chi connectivity index (χ3v) is 3.17. The molecule has 0 amide bonds. The van der Waals surface area contributed by atoms with Crippen molar-refractivity contribution in [1.29, 1.82) is 0 Å². The lowest BCUT2D eigenvalue weighted by molar-refractivity contribution is -0.265. The van der Waals surface area contributed by atoms with Crippen molar-refractivity contribution in [2.24, 2.45) is 0 Å². The van der Waals surface area contributed by atoms with E-state index in [0.29, 0.717) is 0 Å². The van der Waals surface area contributed by atoms with Crippen molar-refractivity contribution in [2.75, 3.05) is 13.2 Å². The Morgan fingerprint density at radius 3 is 2.00 bits per heavy atom. The SMILES string of the molecule is Cc1cc(C)c(C2(C)OCCCO2)c(C)c1. The Kier molecular flexibility index (Phi) is 3.04. The van der Waals surface area contributed by atoms with Crippen molar-refractivity contribution in [1.82, 2.24) is 0 Å². The fourth-order valence-electron chi connectivity index (χ4n) is 2.68. The predicted octanol–water partition coefficient (Wildman–Crippen LogP) is 3.22. The first-order valence-electron chi connectivity index (χ1n) is 5.89. The Labute approximate surface area is 97.6 Å². The molecule has 16 heavy (non-hydrogen) atoms. The minimum absolute atomic E-state index is 0.555. The smallest absolute Gasteiger partial charge is 0.192 e. The molecule has 1 fully saturated rings. The highest BCUT2D eigenvalue weighted by Gasteiger charge is 2.33. The van der Waals surface area contributed by atoms with Gasteiger partial charge in [0.15, 0.2) is 5.79 Å². The quantitative estimate of drug-likeness (QED) is 0.723. The van der Waals surface area contributed by atoms with Gasteiger partial charge in [-0.15, -0.1) is 0 Å². The third kappa shape index (κ3) is 2.00. The molecule has 0 saturated carbocycles. The number of hydrogen-bond donors (Lipinski definition) is 0. The van der Waals surface area contributed by atoms with Gasteiger partial charge in [0.1, 0.15) is 0 Å². The van der Waals surface area contributed by atoms with Gasteiger partial charge in [0, 0.05) is 5.56 Å². The largest absolute Gasteiger partial charge is 0.346 e. The Morgan fingerprint density at radius 1 is 1.00 bits per heavy atom. The van der Waals surface area contributed by atoms with Gasteiger partial charge in [0.05, 0.1) is 13.2 Å². The normalized spacial score (nSPS) is 19.8. The zero-order chi connectivity index (χ0) is 11.8. The van der Waals surface area contributed by atoms with E-state index < -0.39 is 5.79 Å². The molecule has 0 N–H and O–H groups in total. The Hall–Kier alpha value is -0.860. The monoisotopic (exact) mass is 220 g/mol. The summed E-state index contributed by atoms with van der Waals surface area (Å²) in [5.41, 5.74) is 4.99. The average Bonchev–Trinajstić information content (AvgIpc) is 2.16. The maximum Gasteiger partial charge on any atom is 0.192 e. The molecule has 0 aromatic heterocycles. The fraction of sp³-hybridized carbons (Fsp3) is 0.571. The van der Waals surface area contributed by atoms with Crippen LogP contribution in [0.1, 0.15) is 35.6 Å². The summed E-state index contributed by atoms with van der Waals surface area (Å²) in [7, 11) is 0. The van der Waals surface area contributed by atoms with Crippen LogP contribution >= 0.6 is 0 Å². The Bertz CT molecular complexity index is 367. The van der Waals surface area contributed by atoms with E-state index in [0.717, 1.165) is 19.6 Å². The molecule has 0 bridgehead atoms. The molecule has 0 spiro atoms. The van der Waals surface area contributed by atoms with Crippen molar-refractivity contribution < 1.29 is 9.47 Å². The minimum atomic E-state index is -0.555. The van der Waals surface area contributed by atoms with Crippen molar-refractivity contribution >= 4 is 0 Å². The molecule has 2 heteroatoms. The minimum Gasteiger partial charge on any atom is -0.346 e. The van der Waals surface area contributed by atoms with Crippen LogP contribution in [0.15, 0.2) is 12.1 Å². The standard InChI is InChI=1S/C14H20O2/c1-10-8-11(2)13(12(3)9-10)14(4)15-6-5-7-16-14/h8-9H,5-7H2,1-4H3. The number of benzene rings is 1. The second kappa shape index (κ2) is 4.19. The van der Waals surface area contributed by atoms with Crippen LogP contribution in [0.5, 0.6) is 0 Å². The van der Waals surface area contributed by atoms with E-state index in [1.165, 1.54) is 22.3 Å². The van der Waals surface area contributed by atoms with Gasteiger partial charge in [0.2, 0.25) is 0 Å².